The molecule has 2 aromatic rings. The van der Waals surface area contributed by atoms with Gasteiger partial charge >= 0.3 is 0 Å². The van der Waals surface area contributed by atoms with Crippen LogP contribution in [0.5, 0.6) is 0 Å². The number of aromatic nitrogens is 3. The van der Waals surface area contributed by atoms with E-state index in [4.69, 9.17) is 15.0 Å². The lowest BCUT2D eigenvalue weighted by molar-refractivity contribution is 0.169. The Kier molecular flexibility index (Phi) is 3.04. The van der Waals surface area contributed by atoms with Crippen molar-refractivity contribution in [3.8, 4) is 0 Å². The fraction of sp³-hybridized carbons (Fsp3) is 0.462. The first-order chi connectivity index (χ1) is 9.18. The molecule has 1 aliphatic heterocycles. The number of ether oxygens (including phenoxy) is 1. The van der Waals surface area contributed by atoms with Gasteiger partial charge in [-0.2, -0.15) is 4.98 Å². The fourth-order valence-corrected chi connectivity index (χ4v) is 2.13. The molecule has 2 unspecified atom stereocenters. The first-order valence-corrected chi connectivity index (χ1v) is 6.25. The average Bonchev–Trinajstić information content (AvgIpc) is 3.00. The quantitative estimate of drug-likeness (QED) is 0.872. The van der Waals surface area contributed by atoms with Crippen LogP contribution in [0.4, 0.5) is 0 Å². The van der Waals surface area contributed by atoms with Crippen LogP contribution in [-0.2, 0) is 16.6 Å². The van der Waals surface area contributed by atoms with Crippen LogP contribution < -0.4 is 5.73 Å². The highest BCUT2D eigenvalue weighted by Crippen LogP contribution is 2.30. The van der Waals surface area contributed by atoms with Gasteiger partial charge in [-0.3, -0.25) is 4.98 Å². The highest BCUT2D eigenvalue weighted by atomic mass is 16.5. The van der Waals surface area contributed by atoms with Crippen LogP contribution in [0.15, 0.2) is 28.9 Å². The van der Waals surface area contributed by atoms with Gasteiger partial charge in [0.15, 0.2) is 5.82 Å². The zero-order valence-electron chi connectivity index (χ0n) is 10.7. The Labute approximate surface area is 111 Å². The molecule has 0 aromatic carbocycles. The lowest BCUT2D eigenvalue weighted by atomic mass is 9.86. The van der Waals surface area contributed by atoms with Gasteiger partial charge in [0.25, 0.3) is 0 Å². The number of rotatable bonds is 3. The summed E-state index contributed by atoms with van der Waals surface area (Å²) in [4.78, 5) is 8.67. The van der Waals surface area contributed by atoms with E-state index in [1.807, 2.05) is 25.1 Å². The maximum absolute atomic E-state index is 6.04. The predicted octanol–water partition coefficient (Wildman–Crippen LogP) is 0.671. The van der Waals surface area contributed by atoms with Gasteiger partial charge in [-0.25, -0.2) is 0 Å². The first-order valence-electron chi connectivity index (χ1n) is 6.25. The summed E-state index contributed by atoms with van der Waals surface area (Å²) in [6, 6.07) is 5.63. The Hall–Kier alpha value is -1.79. The van der Waals surface area contributed by atoms with Crippen molar-refractivity contribution in [2.75, 3.05) is 13.2 Å². The molecule has 2 N–H and O–H groups in total. The fourth-order valence-electron chi connectivity index (χ4n) is 2.13. The number of nitrogens with zero attached hydrogens (tertiary/aromatic N) is 3. The minimum atomic E-state index is -0.393. The zero-order chi connectivity index (χ0) is 13.3. The molecular formula is C13H16N4O2. The van der Waals surface area contributed by atoms with Crippen molar-refractivity contribution in [3.05, 3.63) is 41.8 Å². The smallest absolute Gasteiger partial charge is 0.236 e. The molecule has 0 aliphatic carbocycles. The van der Waals surface area contributed by atoms with Crippen molar-refractivity contribution >= 4 is 0 Å². The van der Waals surface area contributed by atoms with E-state index in [0.717, 1.165) is 5.69 Å². The summed E-state index contributed by atoms with van der Waals surface area (Å²) in [5, 5.41) is 4.00. The highest BCUT2D eigenvalue weighted by Gasteiger charge is 2.44. The van der Waals surface area contributed by atoms with Crippen LogP contribution in [0, 0.1) is 0 Å². The van der Waals surface area contributed by atoms with E-state index in [9.17, 15) is 0 Å². The maximum Gasteiger partial charge on any atom is 0.236 e. The van der Waals surface area contributed by atoms with Crippen molar-refractivity contribution < 1.29 is 9.26 Å². The average molecular weight is 260 g/mol. The molecule has 3 rings (SSSR count). The van der Waals surface area contributed by atoms with E-state index in [2.05, 4.69) is 15.1 Å². The molecule has 0 saturated carbocycles. The Morgan fingerprint density at radius 2 is 2.37 bits per heavy atom. The molecule has 0 bridgehead atoms. The van der Waals surface area contributed by atoms with Crippen molar-refractivity contribution in [1.29, 1.82) is 0 Å². The molecule has 1 saturated heterocycles. The third-order valence-corrected chi connectivity index (χ3v) is 3.54. The lowest BCUT2D eigenvalue weighted by Crippen LogP contribution is -2.42. The molecule has 2 aromatic heterocycles. The van der Waals surface area contributed by atoms with E-state index in [0.29, 0.717) is 31.3 Å². The molecule has 2 atom stereocenters. The van der Waals surface area contributed by atoms with Crippen molar-refractivity contribution in [1.82, 2.24) is 15.1 Å². The number of hydrogen-bond acceptors (Lipinski definition) is 6. The minimum absolute atomic E-state index is 0.115. The molecule has 6 nitrogen and oxygen atoms in total. The van der Waals surface area contributed by atoms with Gasteiger partial charge in [0.2, 0.25) is 5.89 Å². The third kappa shape index (κ3) is 2.24. The van der Waals surface area contributed by atoms with Crippen LogP contribution in [0.3, 0.4) is 0 Å². The summed E-state index contributed by atoms with van der Waals surface area (Å²) in [6.07, 6.45) is 2.30. The third-order valence-electron chi connectivity index (χ3n) is 3.54. The summed E-state index contributed by atoms with van der Waals surface area (Å²) in [5.74, 6) is 1.16. The molecule has 0 radical (unpaired) electrons. The van der Waals surface area contributed by atoms with E-state index < -0.39 is 5.41 Å². The van der Waals surface area contributed by atoms with E-state index in [1.165, 1.54) is 0 Å². The normalized spacial score (nSPS) is 26.7. The van der Waals surface area contributed by atoms with Crippen LogP contribution in [0.25, 0.3) is 0 Å². The van der Waals surface area contributed by atoms with E-state index in [-0.39, 0.29) is 6.04 Å². The topological polar surface area (TPSA) is 87.1 Å². The van der Waals surface area contributed by atoms with Gasteiger partial charge in [0.05, 0.1) is 25.0 Å². The molecule has 6 heteroatoms. The Bertz CT molecular complexity index is 557. The maximum atomic E-state index is 6.04. The highest BCUT2D eigenvalue weighted by molar-refractivity contribution is 5.14. The van der Waals surface area contributed by atoms with Gasteiger partial charge < -0.3 is 15.0 Å². The monoisotopic (exact) mass is 260 g/mol. The molecule has 3 heterocycles. The van der Waals surface area contributed by atoms with Gasteiger partial charge in [-0.1, -0.05) is 11.2 Å². The minimum Gasteiger partial charge on any atom is -0.379 e. The van der Waals surface area contributed by atoms with Crippen LogP contribution in [0.2, 0.25) is 0 Å². The van der Waals surface area contributed by atoms with Crippen LogP contribution >= 0.6 is 0 Å². The standard InChI is InChI=1S/C13H16N4O2/c1-13(8-18-7-10(13)14)12-16-11(17-19-12)6-9-4-2-3-5-15-9/h2-5,10H,6-8,14H2,1H3. The molecule has 0 amide bonds. The Morgan fingerprint density at radius 3 is 3.05 bits per heavy atom. The predicted molar refractivity (Wildman–Crippen MR) is 67.5 cm³/mol. The van der Waals surface area contributed by atoms with Crippen molar-refractivity contribution in [2.45, 2.75) is 24.8 Å². The molecular weight excluding hydrogens is 244 g/mol. The summed E-state index contributed by atoms with van der Waals surface area (Å²) in [6.45, 7) is 3.02. The van der Waals surface area contributed by atoms with Crippen molar-refractivity contribution in [2.24, 2.45) is 5.73 Å². The van der Waals surface area contributed by atoms with E-state index in [1.54, 1.807) is 6.20 Å². The largest absolute Gasteiger partial charge is 0.379 e. The van der Waals surface area contributed by atoms with Gasteiger partial charge in [0, 0.05) is 17.9 Å². The molecule has 1 fully saturated rings. The summed E-state index contributed by atoms with van der Waals surface area (Å²) in [5.41, 5.74) is 6.56. The first kappa shape index (κ1) is 12.3. The van der Waals surface area contributed by atoms with Crippen LogP contribution in [0.1, 0.15) is 24.3 Å². The number of nitrogens with two attached hydrogens (primary N) is 1. The number of hydrogen-bond donors (Lipinski definition) is 1. The van der Waals surface area contributed by atoms with Crippen molar-refractivity contribution in [3.63, 3.8) is 0 Å². The van der Waals surface area contributed by atoms with Gasteiger partial charge in [0.1, 0.15) is 0 Å². The SMILES string of the molecule is CC1(c2nc(Cc3ccccn3)no2)COCC1N. The Morgan fingerprint density at radius 1 is 1.47 bits per heavy atom. The van der Waals surface area contributed by atoms with E-state index >= 15 is 0 Å². The molecule has 100 valence electrons. The molecule has 0 spiro atoms. The number of pyridine rings is 1. The zero-order valence-corrected chi connectivity index (χ0v) is 10.7. The molecule has 19 heavy (non-hydrogen) atoms. The Balaban J connectivity index is 1.80. The second-order valence-corrected chi connectivity index (χ2v) is 5.05. The second kappa shape index (κ2) is 4.71. The van der Waals surface area contributed by atoms with Gasteiger partial charge in [-0.05, 0) is 19.1 Å². The summed E-state index contributed by atoms with van der Waals surface area (Å²) in [7, 11) is 0. The molecule has 1 aliphatic rings. The van der Waals surface area contributed by atoms with Gasteiger partial charge in [-0.15, -0.1) is 0 Å². The lowest BCUT2D eigenvalue weighted by Gasteiger charge is -2.21. The van der Waals surface area contributed by atoms with Crippen LogP contribution in [-0.4, -0.2) is 34.4 Å². The summed E-state index contributed by atoms with van der Waals surface area (Å²) < 4.78 is 10.7. The second-order valence-electron chi connectivity index (χ2n) is 5.05. The summed E-state index contributed by atoms with van der Waals surface area (Å²) >= 11 is 0.